The third-order valence-corrected chi connectivity index (χ3v) is 3.18. The van der Waals surface area contributed by atoms with Crippen LogP contribution in [-0.4, -0.2) is 37.2 Å². The topological polar surface area (TPSA) is 50.5 Å². The minimum absolute atomic E-state index is 0.139. The maximum atomic E-state index is 6.14. The van der Waals surface area contributed by atoms with Gasteiger partial charge in [0.25, 0.3) is 0 Å². The van der Waals surface area contributed by atoms with Gasteiger partial charge >= 0.3 is 0 Å². The normalized spacial score (nSPS) is 20.3. The molecule has 0 aromatic heterocycles. The smallest absolute Gasteiger partial charge is 0.144 e. The van der Waals surface area contributed by atoms with Gasteiger partial charge in [0.2, 0.25) is 0 Å². The molecular weight excluding hydrogens is 226 g/mol. The Morgan fingerprint density at radius 3 is 2.83 bits per heavy atom. The molecule has 4 nitrogen and oxygen atoms in total. The Labute approximate surface area is 109 Å². The molecule has 1 aromatic rings. The number of nitrogens with one attached hydrogen (secondary N) is 1. The van der Waals surface area contributed by atoms with Crippen molar-refractivity contribution in [3.8, 4) is 5.75 Å². The van der Waals surface area contributed by atoms with Crippen molar-refractivity contribution >= 4 is 11.4 Å². The Morgan fingerprint density at radius 1 is 1.44 bits per heavy atom. The minimum Gasteiger partial charge on any atom is -0.489 e. The van der Waals surface area contributed by atoms with Gasteiger partial charge in [0, 0.05) is 12.6 Å². The van der Waals surface area contributed by atoms with E-state index in [1.54, 1.807) is 0 Å². The molecule has 1 aliphatic rings. The number of benzene rings is 1. The summed E-state index contributed by atoms with van der Waals surface area (Å²) in [5.74, 6) is 0.765. The van der Waals surface area contributed by atoms with Gasteiger partial charge in [-0.1, -0.05) is 6.07 Å². The fraction of sp³-hybridized carbons (Fsp3) is 0.571. The highest BCUT2D eigenvalue weighted by Crippen LogP contribution is 2.31. The van der Waals surface area contributed by atoms with Gasteiger partial charge in [-0.15, -0.1) is 0 Å². The molecule has 1 aromatic carbocycles. The summed E-state index contributed by atoms with van der Waals surface area (Å²) in [6, 6.07) is 6.39. The summed E-state index contributed by atoms with van der Waals surface area (Å²) in [5, 5.41) is 3.51. The number of nitrogens with two attached hydrogens (primary N) is 1. The van der Waals surface area contributed by atoms with Crippen molar-refractivity contribution in [2.45, 2.75) is 32.4 Å². The SMILES string of the molecule is CC(C)Oc1cccc(NC2CCN(C)C2)c1N. The highest BCUT2D eigenvalue weighted by atomic mass is 16.5. The van der Waals surface area contributed by atoms with Crippen LogP contribution >= 0.6 is 0 Å². The van der Waals surface area contributed by atoms with Crippen LogP contribution < -0.4 is 15.8 Å². The molecule has 0 radical (unpaired) electrons. The van der Waals surface area contributed by atoms with Gasteiger partial charge in [0.15, 0.2) is 0 Å². The molecule has 1 heterocycles. The molecule has 1 saturated heterocycles. The van der Waals surface area contributed by atoms with Crippen molar-refractivity contribution in [2.75, 3.05) is 31.2 Å². The highest BCUT2D eigenvalue weighted by Gasteiger charge is 2.20. The van der Waals surface area contributed by atoms with Gasteiger partial charge in [-0.2, -0.15) is 0 Å². The summed E-state index contributed by atoms with van der Waals surface area (Å²) in [7, 11) is 2.14. The number of ether oxygens (including phenoxy) is 1. The summed E-state index contributed by atoms with van der Waals surface area (Å²) < 4.78 is 5.70. The molecule has 1 atom stereocenters. The average Bonchev–Trinajstić information content (AvgIpc) is 2.69. The molecule has 2 rings (SSSR count). The van der Waals surface area contributed by atoms with Crippen molar-refractivity contribution in [1.29, 1.82) is 0 Å². The lowest BCUT2D eigenvalue weighted by Crippen LogP contribution is -2.24. The van der Waals surface area contributed by atoms with Crippen LogP contribution in [0.4, 0.5) is 11.4 Å². The van der Waals surface area contributed by atoms with E-state index in [-0.39, 0.29) is 6.10 Å². The summed E-state index contributed by atoms with van der Waals surface area (Å²) in [6.07, 6.45) is 1.30. The largest absolute Gasteiger partial charge is 0.489 e. The van der Waals surface area contributed by atoms with Gasteiger partial charge in [0.1, 0.15) is 5.75 Å². The van der Waals surface area contributed by atoms with Crippen LogP contribution in [0.5, 0.6) is 5.75 Å². The Balaban J connectivity index is 2.08. The van der Waals surface area contributed by atoms with E-state index >= 15 is 0 Å². The second-order valence-corrected chi connectivity index (χ2v) is 5.28. The van der Waals surface area contributed by atoms with Gasteiger partial charge in [-0.05, 0) is 46.0 Å². The summed E-state index contributed by atoms with van der Waals surface area (Å²) in [6.45, 7) is 6.21. The third-order valence-electron chi connectivity index (χ3n) is 3.18. The summed E-state index contributed by atoms with van der Waals surface area (Å²) in [5.41, 5.74) is 7.83. The van der Waals surface area contributed by atoms with E-state index in [0.29, 0.717) is 11.7 Å². The maximum Gasteiger partial charge on any atom is 0.144 e. The quantitative estimate of drug-likeness (QED) is 0.803. The van der Waals surface area contributed by atoms with Crippen LogP contribution in [0, 0.1) is 0 Å². The van der Waals surface area contributed by atoms with E-state index in [0.717, 1.165) is 30.9 Å². The van der Waals surface area contributed by atoms with Crippen LogP contribution in [0.25, 0.3) is 0 Å². The Kier molecular flexibility index (Phi) is 3.97. The van der Waals surface area contributed by atoms with E-state index < -0.39 is 0 Å². The number of nitrogens with zero attached hydrogens (tertiary/aromatic N) is 1. The molecule has 4 heteroatoms. The van der Waals surface area contributed by atoms with E-state index in [1.165, 1.54) is 0 Å². The number of hydrogen-bond donors (Lipinski definition) is 2. The maximum absolute atomic E-state index is 6.14. The zero-order valence-corrected chi connectivity index (χ0v) is 11.4. The van der Waals surface area contributed by atoms with Crippen molar-refractivity contribution in [2.24, 2.45) is 0 Å². The number of nitrogen functional groups attached to an aromatic ring is 1. The lowest BCUT2D eigenvalue weighted by atomic mass is 10.2. The predicted molar refractivity (Wildman–Crippen MR) is 76.1 cm³/mol. The Morgan fingerprint density at radius 2 is 2.22 bits per heavy atom. The Bertz CT molecular complexity index is 406. The number of anilines is 2. The van der Waals surface area contributed by atoms with E-state index in [9.17, 15) is 0 Å². The van der Waals surface area contributed by atoms with Crippen LogP contribution in [0.3, 0.4) is 0 Å². The molecule has 1 unspecified atom stereocenters. The molecule has 3 N–H and O–H groups in total. The molecule has 0 aliphatic carbocycles. The molecule has 0 amide bonds. The molecule has 100 valence electrons. The number of para-hydroxylation sites is 1. The van der Waals surface area contributed by atoms with Gasteiger partial charge in [-0.25, -0.2) is 0 Å². The van der Waals surface area contributed by atoms with Crippen LogP contribution in [-0.2, 0) is 0 Å². The second-order valence-electron chi connectivity index (χ2n) is 5.28. The molecular formula is C14H23N3O. The molecule has 0 spiro atoms. The average molecular weight is 249 g/mol. The summed E-state index contributed by atoms with van der Waals surface area (Å²) >= 11 is 0. The highest BCUT2D eigenvalue weighted by molar-refractivity contribution is 5.73. The third kappa shape index (κ3) is 3.07. The lowest BCUT2D eigenvalue weighted by Gasteiger charge is -2.19. The molecule has 1 fully saturated rings. The molecule has 0 bridgehead atoms. The molecule has 18 heavy (non-hydrogen) atoms. The first-order valence-electron chi connectivity index (χ1n) is 6.56. The lowest BCUT2D eigenvalue weighted by molar-refractivity contribution is 0.244. The fourth-order valence-corrected chi connectivity index (χ4v) is 2.30. The van der Waals surface area contributed by atoms with Crippen molar-refractivity contribution < 1.29 is 4.74 Å². The fourth-order valence-electron chi connectivity index (χ4n) is 2.30. The monoisotopic (exact) mass is 249 g/mol. The van der Waals surface area contributed by atoms with Gasteiger partial charge in [0.05, 0.1) is 17.5 Å². The van der Waals surface area contributed by atoms with Gasteiger partial charge in [-0.3, -0.25) is 0 Å². The van der Waals surface area contributed by atoms with E-state index in [2.05, 4.69) is 17.3 Å². The van der Waals surface area contributed by atoms with Crippen molar-refractivity contribution in [3.05, 3.63) is 18.2 Å². The minimum atomic E-state index is 0.139. The van der Waals surface area contributed by atoms with Crippen LogP contribution in [0.1, 0.15) is 20.3 Å². The first kappa shape index (κ1) is 13.0. The Hall–Kier alpha value is -1.42. The first-order chi connectivity index (χ1) is 8.56. The zero-order valence-electron chi connectivity index (χ0n) is 11.4. The van der Waals surface area contributed by atoms with Gasteiger partial charge < -0.3 is 20.7 Å². The van der Waals surface area contributed by atoms with Crippen LogP contribution in [0.2, 0.25) is 0 Å². The zero-order chi connectivity index (χ0) is 13.1. The van der Waals surface area contributed by atoms with Crippen molar-refractivity contribution in [1.82, 2.24) is 4.90 Å². The number of likely N-dealkylation sites (tertiary alicyclic amines) is 1. The second kappa shape index (κ2) is 5.48. The summed E-state index contributed by atoms with van der Waals surface area (Å²) in [4.78, 5) is 2.32. The first-order valence-corrected chi connectivity index (χ1v) is 6.56. The number of hydrogen-bond acceptors (Lipinski definition) is 4. The standard InChI is InChI=1S/C14H23N3O/c1-10(2)18-13-6-4-5-12(14(13)15)16-11-7-8-17(3)9-11/h4-6,10-11,16H,7-9,15H2,1-3H3. The van der Waals surface area contributed by atoms with Crippen LogP contribution in [0.15, 0.2) is 18.2 Å². The number of rotatable bonds is 4. The predicted octanol–water partition coefficient (Wildman–Crippen LogP) is 2.17. The number of likely N-dealkylation sites (N-methyl/N-ethyl adjacent to an activating group) is 1. The molecule has 1 aliphatic heterocycles. The van der Waals surface area contributed by atoms with Crippen molar-refractivity contribution in [3.63, 3.8) is 0 Å². The molecule has 0 saturated carbocycles. The van der Waals surface area contributed by atoms with E-state index in [4.69, 9.17) is 10.5 Å². The van der Waals surface area contributed by atoms with E-state index in [1.807, 2.05) is 32.0 Å².